The molecule has 11 heavy (non-hydrogen) atoms. The summed E-state index contributed by atoms with van der Waals surface area (Å²) >= 11 is 0. The van der Waals surface area contributed by atoms with Crippen molar-refractivity contribution in [2.75, 3.05) is 13.2 Å². The minimum atomic E-state index is 0.115. The van der Waals surface area contributed by atoms with Crippen molar-refractivity contribution in [1.29, 1.82) is 0 Å². The first-order valence-corrected chi connectivity index (χ1v) is 6.59. The molecule has 0 spiro atoms. The highest BCUT2D eigenvalue weighted by molar-refractivity contribution is 6.36. The van der Waals surface area contributed by atoms with E-state index in [1.807, 2.05) is 0 Å². The molecule has 0 aromatic heterocycles. The van der Waals surface area contributed by atoms with Crippen LogP contribution < -0.4 is 0 Å². The van der Waals surface area contributed by atoms with Crippen LogP contribution in [-0.2, 0) is 9.47 Å². The Balaban J connectivity index is 2.20. The summed E-state index contributed by atoms with van der Waals surface area (Å²) in [4.78, 5) is 0. The van der Waals surface area contributed by atoms with Crippen molar-refractivity contribution >= 4 is 20.5 Å². The monoisotopic (exact) mass is 190 g/mol. The summed E-state index contributed by atoms with van der Waals surface area (Å²) in [5.74, 6) is 0. The van der Waals surface area contributed by atoms with Crippen molar-refractivity contribution in [2.24, 2.45) is 0 Å². The molecule has 1 aliphatic heterocycles. The molecular formula is C7H18O2Si2. The van der Waals surface area contributed by atoms with Gasteiger partial charge in [-0.15, -0.1) is 0 Å². The van der Waals surface area contributed by atoms with Gasteiger partial charge in [0, 0.05) is 20.5 Å². The molecule has 66 valence electrons. The summed E-state index contributed by atoms with van der Waals surface area (Å²) in [5.41, 5.74) is 0.115. The maximum atomic E-state index is 5.76. The molecular weight excluding hydrogens is 172 g/mol. The van der Waals surface area contributed by atoms with Crippen molar-refractivity contribution in [3.8, 4) is 0 Å². The SMILES string of the molecule is CC(C)(OCC1CO1)C([SiH3])[SiH3]. The normalized spacial score (nSPS) is 27.3. The van der Waals surface area contributed by atoms with Crippen LogP contribution in [-0.4, -0.2) is 45.4 Å². The molecule has 1 rings (SSSR count). The van der Waals surface area contributed by atoms with Crippen LogP contribution in [0.4, 0.5) is 0 Å². The Labute approximate surface area is 74.5 Å². The predicted octanol–water partition coefficient (Wildman–Crippen LogP) is -1.34. The zero-order valence-electron chi connectivity index (χ0n) is 7.89. The van der Waals surface area contributed by atoms with Crippen LogP contribution in [0, 0.1) is 0 Å². The lowest BCUT2D eigenvalue weighted by molar-refractivity contribution is -0.0162. The summed E-state index contributed by atoms with van der Waals surface area (Å²) < 4.78 is 10.8. The fourth-order valence-corrected chi connectivity index (χ4v) is 0.972. The van der Waals surface area contributed by atoms with Gasteiger partial charge >= 0.3 is 0 Å². The molecule has 0 aromatic rings. The highest BCUT2D eigenvalue weighted by Gasteiger charge is 2.28. The van der Waals surface area contributed by atoms with Gasteiger partial charge in [-0.25, -0.2) is 0 Å². The molecule has 0 amide bonds. The van der Waals surface area contributed by atoms with Gasteiger partial charge in [0.05, 0.1) is 18.8 Å². The molecule has 0 N–H and O–H groups in total. The number of hydrogen-bond acceptors (Lipinski definition) is 2. The lowest BCUT2D eigenvalue weighted by Gasteiger charge is -2.29. The Hall–Kier alpha value is 0.354. The van der Waals surface area contributed by atoms with E-state index in [0.29, 0.717) is 6.10 Å². The minimum Gasteiger partial charge on any atom is -0.373 e. The molecule has 1 unspecified atom stereocenters. The van der Waals surface area contributed by atoms with E-state index in [-0.39, 0.29) is 5.60 Å². The topological polar surface area (TPSA) is 21.8 Å². The quantitative estimate of drug-likeness (QED) is 0.404. The maximum absolute atomic E-state index is 5.76. The summed E-state index contributed by atoms with van der Waals surface area (Å²) in [6, 6.07) is 0. The van der Waals surface area contributed by atoms with Gasteiger partial charge in [0.15, 0.2) is 0 Å². The summed E-state index contributed by atoms with van der Waals surface area (Å²) in [5, 5.41) is 0.834. The summed E-state index contributed by atoms with van der Waals surface area (Å²) in [6.07, 6.45) is 0.413. The zero-order chi connectivity index (χ0) is 8.48. The Kier molecular flexibility index (Phi) is 2.91. The van der Waals surface area contributed by atoms with Gasteiger partial charge in [-0.3, -0.25) is 0 Å². The molecule has 0 radical (unpaired) electrons. The zero-order valence-corrected chi connectivity index (χ0v) is 11.9. The number of rotatable bonds is 4. The molecule has 1 heterocycles. The van der Waals surface area contributed by atoms with Crippen LogP contribution in [0.1, 0.15) is 13.8 Å². The van der Waals surface area contributed by atoms with Crippen LogP contribution in [0.5, 0.6) is 0 Å². The lowest BCUT2D eigenvalue weighted by atomic mass is 10.2. The van der Waals surface area contributed by atoms with Crippen LogP contribution in [0.3, 0.4) is 0 Å². The third-order valence-corrected chi connectivity index (χ3v) is 5.21. The van der Waals surface area contributed by atoms with Gasteiger partial charge in [0.2, 0.25) is 0 Å². The molecule has 1 saturated heterocycles. The first kappa shape index (κ1) is 9.44. The molecule has 0 aliphatic carbocycles. The second kappa shape index (κ2) is 3.39. The van der Waals surface area contributed by atoms with Crippen LogP contribution in [0.15, 0.2) is 0 Å². The van der Waals surface area contributed by atoms with E-state index in [0.717, 1.165) is 18.4 Å². The number of ether oxygens (including phenoxy) is 2. The molecule has 1 atom stereocenters. The van der Waals surface area contributed by atoms with Gasteiger partial charge in [-0.1, -0.05) is 0 Å². The van der Waals surface area contributed by atoms with E-state index >= 15 is 0 Å². The van der Waals surface area contributed by atoms with Crippen molar-refractivity contribution < 1.29 is 9.47 Å². The maximum Gasteiger partial charge on any atom is 0.104 e. The average Bonchev–Trinajstić information content (AvgIpc) is 2.65. The molecule has 2 nitrogen and oxygen atoms in total. The second-order valence-corrected chi connectivity index (χ2v) is 9.80. The molecule has 0 bridgehead atoms. The highest BCUT2D eigenvalue weighted by atomic mass is 28.2. The predicted molar refractivity (Wildman–Crippen MR) is 53.4 cm³/mol. The van der Waals surface area contributed by atoms with Gasteiger partial charge in [-0.2, -0.15) is 0 Å². The minimum absolute atomic E-state index is 0.115. The van der Waals surface area contributed by atoms with E-state index in [1.165, 1.54) is 20.5 Å². The Morgan fingerprint density at radius 3 is 2.55 bits per heavy atom. The van der Waals surface area contributed by atoms with Crippen molar-refractivity contribution in [1.82, 2.24) is 0 Å². The van der Waals surface area contributed by atoms with E-state index in [4.69, 9.17) is 9.47 Å². The van der Waals surface area contributed by atoms with Gasteiger partial charge in [0.25, 0.3) is 0 Å². The van der Waals surface area contributed by atoms with Gasteiger partial charge in [0.1, 0.15) is 6.10 Å². The van der Waals surface area contributed by atoms with Crippen molar-refractivity contribution in [3.05, 3.63) is 0 Å². The molecule has 0 aromatic carbocycles. The number of epoxide rings is 1. The summed E-state index contributed by atoms with van der Waals surface area (Å²) in [7, 11) is 2.51. The van der Waals surface area contributed by atoms with E-state index in [2.05, 4.69) is 13.8 Å². The highest BCUT2D eigenvalue weighted by Crippen LogP contribution is 2.22. The second-order valence-electron chi connectivity index (χ2n) is 4.02. The van der Waals surface area contributed by atoms with E-state index in [1.54, 1.807) is 0 Å². The average molecular weight is 190 g/mol. The standard InChI is InChI=1S/C7H18O2Si2/c1-7(2,6(10)11)9-4-5-3-8-5/h5-6H,3-4H2,1-2,10-11H3. The van der Waals surface area contributed by atoms with E-state index in [9.17, 15) is 0 Å². The first-order chi connectivity index (χ1) is 5.02. The Morgan fingerprint density at radius 1 is 1.64 bits per heavy atom. The fourth-order valence-electron chi connectivity index (χ4n) is 0.639. The number of hydrogen-bond donors (Lipinski definition) is 0. The van der Waals surface area contributed by atoms with Gasteiger partial charge in [-0.05, 0) is 19.0 Å². The third kappa shape index (κ3) is 3.07. The van der Waals surface area contributed by atoms with Crippen LogP contribution >= 0.6 is 0 Å². The first-order valence-electron chi connectivity index (χ1n) is 4.28. The third-order valence-electron chi connectivity index (χ3n) is 2.43. The smallest absolute Gasteiger partial charge is 0.104 e. The molecule has 0 saturated carbocycles. The molecule has 4 heteroatoms. The summed E-state index contributed by atoms with van der Waals surface area (Å²) in [6.45, 7) is 6.09. The van der Waals surface area contributed by atoms with Crippen molar-refractivity contribution in [3.63, 3.8) is 0 Å². The largest absolute Gasteiger partial charge is 0.373 e. The van der Waals surface area contributed by atoms with Crippen LogP contribution in [0.25, 0.3) is 0 Å². The lowest BCUT2D eigenvalue weighted by Crippen LogP contribution is -2.32. The Bertz CT molecular complexity index is 132. The fraction of sp³-hybridized carbons (Fsp3) is 1.00. The van der Waals surface area contributed by atoms with Crippen molar-refractivity contribution in [2.45, 2.75) is 30.7 Å². The van der Waals surface area contributed by atoms with Crippen LogP contribution in [0.2, 0.25) is 5.16 Å². The van der Waals surface area contributed by atoms with Gasteiger partial charge < -0.3 is 9.47 Å². The molecule has 1 fully saturated rings. The van der Waals surface area contributed by atoms with E-state index < -0.39 is 0 Å². The molecule has 1 aliphatic rings. The Morgan fingerprint density at radius 2 is 2.18 bits per heavy atom.